The Morgan fingerprint density at radius 3 is 1.79 bits per heavy atom. The van der Waals surface area contributed by atoms with Crippen LogP contribution < -0.4 is 0 Å². The number of aliphatic hydroxyl groups is 6. The Hall–Kier alpha value is -1.70. The Morgan fingerprint density at radius 2 is 1.26 bits per heavy atom. The molecule has 0 saturated heterocycles. The zero-order valence-corrected chi connectivity index (χ0v) is 25.2. The molecule has 0 heterocycles. The quantitative estimate of drug-likeness (QED) is 0.0428. The zero-order valence-electron chi connectivity index (χ0n) is 24.3. The summed E-state index contributed by atoms with van der Waals surface area (Å²) in [6.45, 7) is 0.724. The maximum absolute atomic E-state index is 12.2. The second-order valence-corrected chi connectivity index (χ2v) is 11.5. The fourth-order valence-corrected chi connectivity index (χ4v) is 4.96. The largest absolute Gasteiger partial charge is 0.472 e. The number of hydrogen-bond donors (Lipinski definition) is 7. The molecule has 6 unspecified atom stereocenters. The number of esters is 1. The number of aliphatic hydroxyl groups excluding tert-OH is 6. The molecule has 1 saturated carbocycles. The Morgan fingerprint density at radius 1 is 0.762 bits per heavy atom. The molecule has 1 fully saturated rings. The van der Waals surface area contributed by atoms with Crippen LogP contribution in [0.1, 0.15) is 71.1 Å². The number of phosphoric acid groups is 1. The van der Waals surface area contributed by atoms with E-state index in [-0.39, 0.29) is 6.42 Å². The van der Waals surface area contributed by atoms with Crippen molar-refractivity contribution in [3.05, 3.63) is 48.6 Å². The molecule has 0 aromatic carbocycles. The highest BCUT2D eigenvalue weighted by Crippen LogP contribution is 2.47. The van der Waals surface area contributed by atoms with Gasteiger partial charge in [0.15, 0.2) is 0 Å². The smallest absolute Gasteiger partial charge is 0.457 e. The van der Waals surface area contributed by atoms with E-state index < -0.39 is 69.7 Å². The van der Waals surface area contributed by atoms with Crippen molar-refractivity contribution in [1.29, 1.82) is 0 Å². The molecule has 0 amide bonds. The topological polar surface area (TPSA) is 203 Å². The molecular weight excluding hydrogens is 571 g/mol. The second kappa shape index (κ2) is 21.9. The van der Waals surface area contributed by atoms with Crippen molar-refractivity contribution in [1.82, 2.24) is 0 Å². The average molecular weight is 621 g/mol. The summed E-state index contributed by atoms with van der Waals surface area (Å²) < 4.78 is 26.6. The lowest BCUT2D eigenvalue weighted by Crippen LogP contribution is -2.64. The first-order valence-electron chi connectivity index (χ1n) is 14.5. The van der Waals surface area contributed by atoms with Crippen LogP contribution in [0.15, 0.2) is 48.6 Å². The summed E-state index contributed by atoms with van der Waals surface area (Å²) >= 11 is 0. The van der Waals surface area contributed by atoms with E-state index in [1.165, 1.54) is 25.7 Å². The van der Waals surface area contributed by atoms with Crippen molar-refractivity contribution in [2.24, 2.45) is 0 Å². The van der Waals surface area contributed by atoms with Gasteiger partial charge in [-0.15, -0.1) is 0 Å². The molecule has 0 spiro atoms. The highest BCUT2D eigenvalue weighted by molar-refractivity contribution is 7.47. The maximum atomic E-state index is 12.2. The predicted molar refractivity (Wildman–Crippen MR) is 156 cm³/mol. The van der Waals surface area contributed by atoms with Crippen LogP contribution in [0, 0.1) is 0 Å². The molecule has 7 N–H and O–H groups in total. The third kappa shape index (κ3) is 15.7. The molecule has 42 heavy (non-hydrogen) atoms. The van der Waals surface area contributed by atoms with Gasteiger partial charge >= 0.3 is 13.8 Å². The maximum Gasteiger partial charge on any atom is 0.472 e. The number of carbonyl (C=O) groups excluding carboxylic acids is 1. The number of ether oxygens (including phenoxy) is 1. The summed E-state index contributed by atoms with van der Waals surface area (Å²) in [6.07, 6.45) is 12.4. The van der Waals surface area contributed by atoms with Crippen molar-refractivity contribution < 1.29 is 58.7 Å². The van der Waals surface area contributed by atoms with Crippen molar-refractivity contribution in [2.45, 2.75) is 114 Å². The van der Waals surface area contributed by atoms with E-state index in [2.05, 4.69) is 41.8 Å². The van der Waals surface area contributed by atoms with E-state index in [9.17, 15) is 44.9 Å². The monoisotopic (exact) mass is 620 g/mol. The summed E-state index contributed by atoms with van der Waals surface area (Å²) in [5, 5.41) is 58.3. The van der Waals surface area contributed by atoms with E-state index in [1.54, 1.807) is 0 Å². The summed E-state index contributed by atoms with van der Waals surface area (Å²) in [5.41, 5.74) is 0. The molecule has 1 aliphatic rings. The minimum Gasteiger partial charge on any atom is -0.457 e. The summed E-state index contributed by atoms with van der Waals surface area (Å²) in [6, 6.07) is 0. The van der Waals surface area contributed by atoms with E-state index in [0.29, 0.717) is 12.8 Å². The van der Waals surface area contributed by atoms with Gasteiger partial charge in [-0.1, -0.05) is 74.8 Å². The van der Waals surface area contributed by atoms with Crippen LogP contribution in [-0.2, 0) is 23.1 Å². The van der Waals surface area contributed by atoms with E-state index >= 15 is 0 Å². The number of carbonyl (C=O) groups is 1. The summed E-state index contributed by atoms with van der Waals surface area (Å²) in [4.78, 5) is 22.0. The molecule has 1 rings (SSSR count). The lowest BCUT2D eigenvalue weighted by atomic mass is 9.85. The molecule has 12 nitrogen and oxygen atoms in total. The Kier molecular flexibility index (Phi) is 20.0. The summed E-state index contributed by atoms with van der Waals surface area (Å²) in [5.74, 6) is -0.676. The number of rotatable bonds is 21. The minimum atomic E-state index is -5.03. The summed E-state index contributed by atoms with van der Waals surface area (Å²) in [7, 11) is -5.03. The van der Waals surface area contributed by atoms with Gasteiger partial charge < -0.3 is 40.3 Å². The molecule has 0 bridgehead atoms. The molecule has 1 aliphatic carbocycles. The number of hydrogen-bond acceptors (Lipinski definition) is 11. The first-order valence-corrected chi connectivity index (χ1v) is 16.0. The van der Waals surface area contributed by atoms with Gasteiger partial charge in [0.05, 0.1) is 13.2 Å². The van der Waals surface area contributed by atoms with Crippen molar-refractivity contribution in [3.63, 3.8) is 0 Å². The molecule has 0 aromatic heterocycles. The van der Waals surface area contributed by atoms with Gasteiger partial charge in [0.1, 0.15) is 42.7 Å². The van der Waals surface area contributed by atoms with Crippen molar-refractivity contribution in [3.8, 4) is 0 Å². The second-order valence-electron chi connectivity index (χ2n) is 10.1. The van der Waals surface area contributed by atoms with Gasteiger partial charge in [-0.05, 0) is 38.5 Å². The van der Waals surface area contributed by atoms with Gasteiger partial charge in [0, 0.05) is 6.42 Å². The van der Waals surface area contributed by atoms with Crippen LogP contribution >= 0.6 is 7.82 Å². The van der Waals surface area contributed by atoms with E-state index in [4.69, 9.17) is 9.26 Å². The van der Waals surface area contributed by atoms with Crippen molar-refractivity contribution >= 4 is 13.8 Å². The van der Waals surface area contributed by atoms with Crippen LogP contribution in [0.2, 0.25) is 0 Å². The standard InChI is InChI=1S/C29H49O12P/c1-2-3-4-5-6-7-8-9-10-11-12-13-14-15-16-17-18-19-23(31)40-22(20-30)21-39-42(37,38)41-29-27(35)25(33)24(32)26(34)28(29)36/h7-8,10-11,13-14,16-17,22,24-30,32-36H,2-6,9,12,15,18-21H2,1H3,(H,37,38). The van der Waals surface area contributed by atoms with Crippen LogP contribution in [-0.4, -0.2) is 97.4 Å². The van der Waals surface area contributed by atoms with Gasteiger partial charge in [-0.2, -0.15) is 0 Å². The first-order chi connectivity index (χ1) is 20.0. The number of unbranched alkanes of at least 4 members (excludes halogenated alkanes) is 4. The number of phosphoric ester groups is 1. The van der Waals surface area contributed by atoms with Crippen LogP contribution in [0.5, 0.6) is 0 Å². The first kappa shape index (κ1) is 38.3. The number of allylic oxidation sites excluding steroid dienone is 8. The molecule has 6 atom stereocenters. The van der Waals surface area contributed by atoms with Gasteiger partial charge in [0.2, 0.25) is 0 Å². The molecule has 0 aromatic rings. The van der Waals surface area contributed by atoms with Gasteiger partial charge in [-0.25, -0.2) is 4.57 Å². The molecule has 242 valence electrons. The molecule has 0 radical (unpaired) electrons. The predicted octanol–water partition coefficient (Wildman–Crippen LogP) is 2.36. The molecule has 13 heteroatoms. The third-order valence-electron chi connectivity index (χ3n) is 6.48. The molecular formula is C29H49O12P. The van der Waals surface area contributed by atoms with Crippen LogP contribution in [0.4, 0.5) is 0 Å². The highest BCUT2D eigenvalue weighted by atomic mass is 31.2. The Bertz CT molecular complexity index is 889. The molecule has 0 aliphatic heterocycles. The minimum absolute atomic E-state index is 0.00256. The Balaban J connectivity index is 2.26. The highest BCUT2D eigenvalue weighted by Gasteiger charge is 2.51. The van der Waals surface area contributed by atoms with Crippen molar-refractivity contribution in [2.75, 3.05) is 13.2 Å². The zero-order chi connectivity index (χ0) is 31.4. The SMILES string of the molecule is CCCCCCC=CCC=CCC=CCC=CCCC(=O)OC(CO)COP(=O)(O)OC1C(O)C(O)C(O)C(O)C1O. The van der Waals surface area contributed by atoms with Gasteiger partial charge in [0.25, 0.3) is 0 Å². The van der Waals surface area contributed by atoms with E-state index in [0.717, 1.165) is 19.3 Å². The lowest BCUT2D eigenvalue weighted by Gasteiger charge is -2.41. The van der Waals surface area contributed by atoms with E-state index in [1.807, 2.05) is 18.2 Å². The van der Waals surface area contributed by atoms with Crippen LogP contribution in [0.3, 0.4) is 0 Å². The fourth-order valence-electron chi connectivity index (χ4n) is 3.99. The normalized spacial score (nSPS) is 27.3. The fraction of sp³-hybridized carbons (Fsp3) is 0.690. The lowest BCUT2D eigenvalue weighted by molar-refractivity contribution is -0.220. The third-order valence-corrected chi connectivity index (χ3v) is 7.46. The average Bonchev–Trinajstić information content (AvgIpc) is 2.97. The van der Waals surface area contributed by atoms with Crippen LogP contribution in [0.25, 0.3) is 0 Å². The van der Waals surface area contributed by atoms with Gasteiger partial charge in [-0.3, -0.25) is 13.8 Å². The Labute approximate surface area is 248 Å².